The Balaban J connectivity index is 0.911. The fraction of sp³-hybridized carbons (Fsp3) is 0.937. The molecule has 8 saturated heterocycles. The van der Waals surface area contributed by atoms with Gasteiger partial charge >= 0.3 is 0 Å². The van der Waals surface area contributed by atoms with Crippen LogP contribution in [0.1, 0.15) is 218 Å². The summed E-state index contributed by atoms with van der Waals surface area (Å²) < 4.78 is 27.4. The minimum Gasteiger partial charge on any atom is -0.390 e. The van der Waals surface area contributed by atoms with Crippen molar-refractivity contribution in [3.05, 3.63) is 0 Å². The Bertz CT molecular complexity index is 2310. The maximum Gasteiger partial charge on any atom is 0.257 e. The van der Waals surface area contributed by atoms with Gasteiger partial charge < -0.3 is 53.9 Å². The van der Waals surface area contributed by atoms with Crippen molar-refractivity contribution in [2.24, 2.45) is 0 Å². The number of nitrogens with zero attached hydrogens (tertiary/aromatic N) is 8. The van der Waals surface area contributed by atoms with Crippen molar-refractivity contribution < 1.29 is 53.4 Å². The van der Waals surface area contributed by atoms with Gasteiger partial charge in [0.2, 0.25) is 0 Å². The SMILES string of the molecule is CN1C(C)(C)CC2(CC1(C)C)OC(C)(C)N(CC(O)CN1C(C)(C)CC3(CC1(C)C)OC(C)(C)N(CC(O)CN1C(=O)C4(CC(C)(C)N(CC(O)CN5C(=O)C6(CC(C)(C)N(C)C(C)(C)C6)OC5(C)C)C(C)(C)C4)OC1(C)C)C3=O)C2=O. The van der Waals surface area contributed by atoms with Crippen LogP contribution >= 0.6 is 0 Å². The molecule has 2 atom stereocenters. The Morgan fingerprint density at radius 1 is 0.305 bits per heavy atom. The highest BCUT2D eigenvalue weighted by molar-refractivity contribution is 5.90. The van der Waals surface area contributed by atoms with E-state index in [1.807, 2.05) is 55.4 Å². The molecule has 0 aromatic heterocycles. The smallest absolute Gasteiger partial charge is 0.257 e. The van der Waals surface area contributed by atoms with Gasteiger partial charge in [0, 0.05) is 109 Å². The van der Waals surface area contributed by atoms with E-state index in [0.29, 0.717) is 51.4 Å². The minimum absolute atomic E-state index is 0.0854. The number of hydrogen-bond acceptors (Lipinski definition) is 15. The van der Waals surface area contributed by atoms with E-state index in [1.54, 1.807) is 19.6 Å². The molecule has 82 heavy (non-hydrogen) atoms. The third-order valence-corrected chi connectivity index (χ3v) is 21.6. The average Bonchev–Trinajstić information content (AvgIpc) is 2.13. The molecule has 19 heteroatoms. The zero-order valence-electron chi connectivity index (χ0n) is 55.8. The van der Waals surface area contributed by atoms with E-state index < -0.39 is 85.8 Å². The Labute approximate surface area is 493 Å². The molecule has 3 N–H and O–H groups in total. The number of carbonyl (C=O) groups is 4. The van der Waals surface area contributed by atoms with Gasteiger partial charge in [-0.05, 0) is 180 Å². The summed E-state index contributed by atoms with van der Waals surface area (Å²) in [5.41, 5.74) is -12.5. The van der Waals surface area contributed by atoms with Crippen LogP contribution in [-0.2, 0) is 38.1 Å². The Hall–Kier alpha value is -2.56. The molecular weight excluding hydrogens is 1040 g/mol. The first-order valence-electron chi connectivity index (χ1n) is 30.7. The lowest BCUT2D eigenvalue weighted by molar-refractivity contribution is -0.192. The van der Waals surface area contributed by atoms with E-state index >= 15 is 9.59 Å². The van der Waals surface area contributed by atoms with Gasteiger partial charge in [0.1, 0.15) is 22.9 Å². The monoisotopic (exact) mass is 1160 g/mol. The molecule has 8 heterocycles. The summed E-state index contributed by atoms with van der Waals surface area (Å²) in [4.78, 5) is 75.3. The number of β-amino-alcohol motifs (C(OH)–C–C–N with tert-alkyl or cyclic N) is 3. The van der Waals surface area contributed by atoms with E-state index in [4.69, 9.17) is 18.9 Å². The number of ether oxygens (including phenoxy) is 4. The molecule has 0 aliphatic carbocycles. The third kappa shape index (κ3) is 10.7. The second kappa shape index (κ2) is 19.2. The molecule has 4 spiro atoms. The predicted molar refractivity (Wildman–Crippen MR) is 315 cm³/mol. The lowest BCUT2D eigenvalue weighted by Crippen LogP contribution is -2.69. The van der Waals surface area contributed by atoms with Crippen LogP contribution in [-0.4, -0.2) is 239 Å². The molecule has 4 amide bonds. The number of aliphatic hydroxyl groups is 3. The van der Waals surface area contributed by atoms with Crippen molar-refractivity contribution in [3.8, 4) is 0 Å². The summed E-state index contributed by atoms with van der Waals surface area (Å²) >= 11 is 0. The first kappa shape index (κ1) is 65.4. The summed E-state index contributed by atoms with van der Waals surface area (Å²) in [6, 6.07) is 0. The fourth-order valence-corrected chi connectivity index (χ4v) is 18.8. The summed E-state index contributed by atoms with van der Waals surface area (Å²) in [6.45, 7) is 49.3. The summed E-state index contributed by atoms with van der Waals surface area (Å²) in [5.74, 6) is -0.643. The fourth-order valence-electron chi connectivity index (χ4n) is 18.8. The number of carbonyl (C=O) groups excluding carboxylic acids is 4. The summed E-state index contributed by atoms with van der Waals surface area (Å²) in [7, 11) is 4.21. The van der Waals surface area contributed by atoms with E-state index in [-0.39, 0.29) is 85.1 Å². The highest BCUT2D eigenvalue weighted by atomic mass is 16.6. The van der Waals surface area contributed by atoms with Crippen LogP contribution in [0.3, 0.4) is 0 Å². The number of likely N-dealkylation sites (tertiary alicyclic amines) is 4. The Kier molecular flexibility index (Phi) is 15.3. The zero-order chi connectivity index (χ0) is 62.4. The van der Waals surface area contributed by atoms with Crippen LogP contribution in [0.15, 0.2) is 0 Å². The van der Waals surface area contributed by atoms with Gasteiger partial charge in [0.15, 0.2) is 22.4 Å². The van der Waals surface area contributed by atoms with Crippen molar-refractivity contribution in [2.45, 2.75) is 325 Å². The maximum atomic E-state index is 15.1. The number of rotatable bonds is 12. The molecule has 8 aliphatic heterocycles. The van der Waals surface area contributed by atoms with Gasteiger partial charge in [-0.1, -0.05) is 0 Å². The molecule has 2 unspecified atom stereocenters. The molecule has 470 valence electrons. The van der Waals surface area contributed by atoms with E-state index in [2.05, 4.69) is 144 Å². The Morgan fingerprint density at radius 2 is 0.463 bits per heavy atom. The number of piperidine rings is 4. The summed E-state index contributed by atoms with van der Waals surface area (Å²) in [5, 5.41) is 36.2. The maximum absolute atomic E-state index is 15.1. The molecule has 0 aromatic carbocycles. The minimum atomic E-state index is -1.25. The molecule has 8 fully saturated rings. The van der Waals surface area contributed by atoms with Crippen LogP contribution in [0.4, 0.5) is 0 Å². The molecule has 8 rings (SSSR count). The predicted octanol–water partition coefficient (Wildman–Crippen LogP) is 6.28. The quantitative estimate of drug-likeness (QED) is 0.198. The standard InChI is InChI=1S/C63H112N8O11/c1-48(2)33-60(34-49(3,4)64(48)25)44(75)68(58(21,22)79-60)29-42(73)31-70-52(9,10)37-62(38-53(70,11)12)46(77)66(56(17,18)81-62)27-41(72)28-67-47(78)63(82-57(67,19)20)39-54(13,14)71(55(15,16)40-63)32-43(74)30-69-45(76)61(80-59(69,23)24)35-50(5,6)65(26)51(7,8)36-61/h41-43,72-74H,27-40H2,1-26H3. The van der Waals surface area contributed by atoms with Crippen molar-refractivity contribution >= 4 is 23.6 Å². The molecule has 0 radical (unpaired) electrons. The normalized spacial score (nSPS) is 32.4. The number of aliphatic hydroxyl groups excluding tert-OH is 3. The van der Waals surface area contributed by atoms with Crippen molar-refractivity contribution in [1.29, 1.82) is 0 Å². The van der Waals surface area contributed by atoms with Gasteiger partial charge in [0.25, 0.3) is 23.6 Å². The second-order valence-corrected chi connectivity index (χ2v) is 34.0. The summed E-state index contributed by atoms with van der Waals surface area (Å²) in [6.07, 6.45) is 0.391. The second-order valence-electron chi connectivity index (χ2n) is 34.0. The molecule has 19 nitrogen and oxygen atoms in total. The van der Waals surface area contributed by atoms with Crippen LogP contribution in [0.5, 0.6) is 0 Å². The van der Waals surface area contributed by atoms with E-state index in [1.165, 1.54) is 0 Å². The van der Waals surface area contributed by atoms with E-state index in [9.17, 15) is 24.9 Å². The third-order valence-electron chi connectivity index (χ3n) is 21.6. The van der Waals surface area contributed by atoms with Gasteiger partial charge in [-0.25, -0.2) is 0 Å². The lowest BCUT2D eigenvalue weighted by atomic mass is 9.70. The zero-order valence-corrected chi connectivity index (χ0v) is 55.8. The first-order valence-corrected chi connectivity index (χ1v) is 30.7. The van der Waals surface area contributed by atoms with Crippen LogP contribution in [0.2, 0.25) is 0 Å². The lowest BCUT2D eigenvalue weighted by Gasteiger charge is -2.58. The first-order chi connectivity index (χ1) is 36.5. The highest BCUT2D eigenvalue weighted by Crippen LogP contribution is 2.56. The average molecular weight is 1160 g/mol. The largest absolute Gasteiger partial charge is 0.390 e. The molecule has 0 saturated carbocycles. The Morgan fingerprint density at radius 3 is 0.646 bits per heavy atom. The van der Waals surface area contributed by atoms with Crippen LogP contribution in [0.25, 0.3) is 0 Å². The highest BCUT2D eigenvalue weighted by Gasteiger charge is 2.69. The van der Waals surface area contributed by atoms with Gasteiger partial charge in [-0.15, -0.1) is 0 Å². The number of amides is 4. The van der Waals surface area contributed by atoms with Crippen molar-refractivity contribution in [3.63, 3.8) is 0 Å². The topological polar surface area (TPSA) is 192 Å². The van der Waals surface area contributed by atoms with E-state index in [0.717, 1.165) is 0 Å². The molecular formula is C63H112N8O11. The molecule has 8 aliphatic rings. The van der Waals surface area contributed by atoms with Crippen molar-refractivity contribution in [1.82, 2.24) is 39.2 Å². The van der Waals surface area contributed by atoms with Crippen molar-refractivity contribution in [2.75, 3.05) is 53.4 Å². The van der Waals surface area contributed by atoms with Crippen LogP contribution in [0, 0.1) is 0 Å². The molecule has 0 aromatic rings. The van der Waals surface area contributed by atoms with Gasteiger partial charge in [-0.2, -0.15) is 0 Å². The van der Waals surface area contributed by atoms with Crippen LogP contribution < -0.4 is 0 Å². The van der Waals surface area contributed by atoms with Gasteiger partial charge in [-0.3, -0.25) is 38.8 Å². The molecule has 0 bridgehead atoms. The number of hydrogen-bond donors (Lipinski definition) is 3. The van der Waals surface area contributed by atoms with Gasteiger partial charge in [0.05, 0.1) is 44.5 Å².